The molecule has 0 rings (SSSR count). The summed E-state index contributed by atoms with van der Waals surface area (Å²) in [6, 6.07) is 0. The number of hydrogen-bond donors (Lipinski definition) is 1. The minimum absolute atomic E-state index is 0.0929. The van der Waals surface area contributed by atoms with Crippen molar-refractivity contribution in [2.75, 3.05) is 6.61 Å². The largest absolute Gasteiger partial charge is 0.481 e. The Balaban J connectivity index is 4.72. The van der Waals surface area contributed by atoms with E-state index in [2.05, 4.69) is 41.5 Å². The zero-order valence-corrected chi connectivity index (χ0v) is 27.9. The smallest absolute Gasteiger partial charge is 0.312 e. The van der Waals surface area contributed by atoms with Crippen molar-refractivity contribution < 1.29 is 19.4 Å². The van der Waals surface area contributed by atoms with Crippen molar-refractivity contribution in [1.82, 2.24) is 0 Å². The molecule has 0 spiro atoms. The zero-order chi connectivity index (χ0) is 30.1. The van der Waals surface area contributed by atoms with Crippen LogP contribution in [0.2, 0.25) is 0 Å². The third-order valence-corrected chi connectivity index (χ3v) is 9.46. The standard InChI is InChI=1S/C36H70O4/c1-7-11-25-32(9-3)29-36(31(5)6,35(39)40-30-33(10-4)26-12-8-2)28-24-22-20-18-16-14-13-15-17-19-21-23-27-34(37)38/h31-33H,7-30H2,1-6H3,(H,37,38). The quantitative estimate of drug-likeness (QED) is 0.0722. The summed E-state index contributed by atoms with van der Waals surface area (Å²) in [7, 11) is 0. The lowest BCUT2D eigenvalue weighted by molar-refractivity contribution is -0.163. The normalized spacial score (nSPS) is 14.7. The Labute approximate surface area is 250 Å². The molecular weight excluding hydrogens is 496 g/mol. The zero-order valence-electron chi connectivity index (χ0n) is 27.9. The first-order valence-electron chi connectivity index (χ1n) is 17.7. The molecule has 4 heteroatoms. The number of ether oxygens (including phenoxy) is 1. The number of rotatable bonds is 29. The summed E-state index contributed by atoms with van der Waals surface area (Å²) in [5, 5.41) is 8.70. The van der Waals surface area contributed by atoms with E-state index >= 15 is 0 Å². The fraction of sp³-hybridized carbons (Fsp3) is 0.944. The van der Waals surface area contributed by atoms with Crippen molar-refractivity contribution in [2.24, 2.45) is 23.2 Å². The lowest BCUT2D eigenvalue weighted by Gasteiger charge is -2.38. The van der Waals surface area contributed by atoms with Gasteiger partial charge in [0.05, 0.1) is 12.0 Å². The predicted octanol–water partition coefficient (Wildman–Crippen LogP) is 11.5. The van der Waals surface area contributed by atoms with Crippen molar-refractivity contribution in [3.63, 3.8) is 0 Å². The molecule has 0 aromatic heterocycles. The van der Waals surface area contributed by atoms with Gasteiger partial charge in [0.1, 0.15) is 0 Å². The number of unbranched alkanes of at least 4 members (excludes halogenated alkanes) is 13. The third kappa shape index (κ3) is 18.4. The Morgan fingerprint density at radius 3 is 1.52 bits per heavy atom. The Morgan fingerprint density at radius 2 is 1.10 bits per heavy atom. The maximum absolute atomic E-state index is 13.9. The first-order valence-corrected chi connectivity index (χ1v) is 17.7. The number of carbonyl (C=O) groups is 2. The summed E-state index contributed by atoms with van der Waals surface area (Å²) >= 11 is 0. The van der Waals surface area contributed by atoms with Gasteiger partial charge in [0.15, 0.2) is 0 Å². The van der Waals surface area contributed by atoms with Crippen LogP contribution in [0.5, 0.6) is 0 Å². The molecule has 0 aliphatic carbocycles. The lowest BCUT2D eigenvalue weighted by atomic mass is 9.67. The summed E-state index contributed by atoms with van der Waals surface area (Å²) < 4.78 is 6.18. The van der Waals surface area contributed by atoms with Crippen LogP contribution in [0.1, 0.15) is 189 Å². The molecule has 0 heterocycles. The van der Waals surface area contributed by atoms with Gasteiger partial charge in [0, 0.05) is 6.42 Å². The molecule has 0 fully saturated rings. The molecule has 0 radical (unpaired) electrons. The van der Waals surface area contributed by atoms with Crippen LogP contribution in [0, 0.1) is 23.2 Å². The highest BCUT2D eigenvalue weighted by Gasteiger charge is 2.43. The van der Waals surface area contributed by atoms with E-state index in [9.17, 15) is 9.59 Å². The molecule has 0 aromatic carbocycles. The summed E-state index contributed by atoms with van der Waals surface area (Å²) in [5.74, 6) is 0.822. The molecule has 40 heavy (non-hydrogen) atoms. The van der Waals surface area contributed by atoms with E-state index in [0.29, 0.717) is 30.8 Å². The molecular formula is C36H70O4. The molecule has 0 aromatic rings. The van der Waals surface area contributed by atoms with Gasteiger partial charge in [0.2, 0.25) is 0 Å². The van der Waals surface area contributed by atoms with Crippen molar-refractivity contribution in [1.29, 1.82) is 0 Å². The molecule has 0 amide bonds. The van der Waals surface area contributed by atoms with Crippen molar-refractivity contribution in [2.45, 2.75) is 189 Å². The van der Waals surface area contributed by atoms with Gasteiger partial charge in [-0.15, -0.1) is 0 Å². The molecule has 0 aliphatic rings. The highest BCUT2D eigenvalue weighted by Crippen LogP contribution is 2.43. The number of hydrogen-bond acceptors (Lipinski definition) is 3. The van der Waals surface area contributed by atoms with E-state index in [1.807, 2.05) is 0 Å². The maximum Gasteiger partial charge on any atom is 0.312 e. The fourth-order valence-corrected chi connectivity index (χ4v) is 6.23. The number of esters is 1. The molecule has 1 N–H and O–H groups in total. The summed E-state index contributed by atoms with van der Waals surface area (Å²) in [4.78, 5) is 24.4. The van der Waals surface area contributed by atoms with Gasteiger partial charge in [-0.05, 0) is 43.4 Å². The van der Waals surface area contributed by atoms with Crippen molar-refractivity contribution >= 4 is 11.9 Å². The average molecular weight is 567 g/mol. The van der Waals surface area contributed by atoms with Crippen LogP contribution in [-0.2, 0) is 14.3 Å². The second kappa shape index (κ2) is 25.6. The van der Waals surface area contributed by atoms with Crippen LogP contribution in [0.3, 0.4) is 0 Å². The van der Waals surface area contributed by atoms with Crippen LogP contribution in [0.15, 0.2) is 0 Å². The number of carboxylic acids is 1. The minimum Gasteiger partial charge on any atom is -0.481 e. The molecule has 3 unspecified atom stereocenters. The lowest BCUT2D eigenvalue weighted by Crippen LogP contribution is -2.40. The van der Waals surface area contributed by atoms with Gasteiger partial charge < -0.3 is 9.84 Å². The third-order valence-electron chi connectivity index (χ3n) is 9.46. The van der Waals surface area contributed by atoms with Crippen LogP contribution < -0.4 is 0 Å². The fourth-order valence-electron chi connectivity index (χ4n) is 6.23. The molecule has 4 nitrogen and oxygen atoms in total. The van der Waals surface area contributed by atoms with Gasteiger partial charge in [-0.3, -0.25) is 9.59 Å². The van der Waals surface area contributed by atoms with Gasteiger partial charge in [-0.2, -0.15) is 0 Å². The molecule has 0 aliphatic heterocycles. The highest BCUT2D eigenvalue weighted by atomic mass is 16.5. The minimum atomic E-state index is -0.671. The average Bonchev–Trinajstić information content (AvgIpc) is 2.93. The first-order chi connectivity index (χ1) is 19.3. The van der Waals surface area contributed by atoms with Crippen molar-refractivity contribution in [3.05, 3.63) is 0 Å². The molecule has 0 saturated carbocycles. The highest BCUT2D eigenvalue weighted by molar-refractivity contribution is 5.77. The summed E-state index contributed by atoms with van der Waals surface area (Å²) in [5.41, 5.74) is -0.345. The van der Waals surface area contributed by atoms with E-state index < -0.39 is 5.97 Å². The molecule has 0 saturated heterocycles. The maximum atomic E-state index is 13.9. The first kappa shape index (κ1) is 38.9. The molecule has 0 bridgehead atoms. The Hall–Kier alpha value is -1.06. The topological polar surface area (TPSA) is 63.6 Å². The van der Waals surface area contributed by atoms with Gasteiger partial charge >= 0.3 is 11.9 Å². The Bertz CT molecular complexity index is 602. The van der Waals surface area contributed by atoms with Crippen molar-refractivity contribution in [3.8, 4) is 0 Å². The number of aliphatic carboxylic acids is 1. The monoisotopic (exact) mass is 567 g/mol. The van der Waals surface area contributed by atoms with E-state index in [1.165, 1.54) is 89.9 Å². The Morgan fingerprint density at radius 1 is 0.650 bits per heavy atom. The van der Waals surface area contributed by atoms with Crippen LogP contribution in [-0.4, -0.2) is 23.7 Å². The summed E-state index contributed by atoms with van der Waals surface area (Å²) in [6.45, 7) is 14.1. The van der Waals surface area contributed by atoms with Crippen LogP contribution >= 0.6 is 0 Å². The second-order valence-corrected chi connectivity index (χ2v) is 13.1. The molecule has 3 atom stereocenters. The Kier molecular flexibility index (Phi) is 25.0. The van der Waals surface area contributed by atoms with Crippen LogP contribution in [0.25, 0.3) is 0 Å². The molecule has 238 valence electrons. The van der Waals surface area contributed by atoms with Gasteiger partial charge in [-0.25, -0.2) is 0 Å². The van der Waals surface area contributed by atoms with E-state index in [-0.39, 0.29) is 11.4 Å². The SMILES string of the molecule is CCCCC(CC)COC(=O)C(CCCCCCCCCCCCCCC(=O)O)(CC(CC)CCCC)C(C)C. The number of carbonyl (C=O) groups excluding carboxylic acids is 1. The number of carboxylic acid groups (broad SMARTS) is 1. The summed E-state index contributed by atoms with van der Waals surface area (Å²) in [6.07, 6.45) is 26.2. The van der Waals surface area contributed by atoms with E-state index in [4.69, 9.17) is 9.84 Å². The van der Waals surface area contributed by atoms with E-state index in [0.717, 1.165) is 51.4 Å². The van der Waals surface area contributed by atoms with E-state index in [1.54, 1.807) is 0 Å². The van der Waals surface area contributed by atoms with Gasteiger partial charge in [0.25, 0.3) is 0 Å². The van der Waals surface area contributed by atoms with Gasteiger partial charge in [-0.1, -0.05) is 157 Å². The second-order valence-electron chi connectivity index (χ2n) is 13.1. The predicted molar refractivity (Wildman–Crippen MR) is 172 cm³/mol. The van der Waals surface area contributed by atoms with Crippen LogP contribution in [0.4, 0.5) is 0 Å².